The Balaban J connectivity index is 1.73. The first-order valence-electron chi connectivity index (χ1n) is 8.10. The summed E-state index contributed by atoms with van der Waals surface area (Å²) in [4.78, 5) is 24.6. The lowest BCUT2D eigenvalue weighted by atomic mass is 10.1. The summed E-state index contributed by atoms with van der Waals surface area (Å²) in [5, 5.41) is 4.29. The molecule has 4 rings (SSSR count). The van der Waals surface area contributed by atoms with Crippen LogP contribution in [0.4, 0.5) is 5.69 Å². The number of hydrogen-bond donors (Lipinski definition) is 1. The van der Waals surface area contributed by atoms with Gasteiger partial charge in [-0.05, 0) is 38.1 Å². The van der Waals surface area contributed by atoms with Gasteiger partial charge in [-0.25, -0.2) is 4.98 Å². The van der Waals surface area contributed by atoms with E-state index < -0.39 is 5.54 Å². The number of anilines is 1. The van der Waals surface area contributed by atoms with E-state index in [1.54, 1.807) is 17.5 Å². The van der Waals surface area contributed by atoms with Gasteiger partial charge in [-0.3, -0.25) is 20.0 Å². The zero-order chi connectivity index (χ0) is 17.4. The molecule has 1 atom stereocenters. The molecular weight excluding hydrogens is 332 g/mol. The van der Waals surface area contributed by atoms with Gasteiger partial charge >= 0.3 is 0 Å². The highest BCUT2D eigenvalue weighted by Crippen LogP contribution is 2.38. The topological polar surface area (TPSA) is 58.1 Å². The molecule has 1 fully saturated rings. The molecule has 1 aliphatic heterocycles. The van der Waals surface area contributed by atoms with Crippen LogP contribution in [0, 0.1) is 0 Å². The average molecular weight is 350 g/mol. The Kier molecular flexibility index (Phi) is 3.86. The Morgan fingerprint density at radius 2 is 1.84 bits per heavy atom. The molecule has 2 aromatic heterocycles. The largest absolute Gasteiger partial charge is 0.290 e. The molecule has 1 unspecified atom stereocenters. The number of carbonyl (C=O) groups is 1. The average Bonchev–Trinajstić information content (AvgIpc) is 3.20. The third-order valence-electron chi connectivity index (χ3n) is 4.22. The number of aromatic nitrogens is 2. The minimum atomic E-state index is -0.629. The van der Waals surface area contributed by atoms with Gasteiger partial charge in [0.2, 0.25) is 5.91 Å². The Hall–Kier alpha value is -2.57. The fourth-order valence-corrected chi connectivity index (χ4v) is 3.90. The quantitative estimate of drug-likeness (QED) is 0.784. The van der Waals surface area contributed by atoms with Gasteiger partial charge in [-0.2, -0.15) is 0 Å². The monoisotopic (exact) mass is 350 g/mol. The van der Waals surface area contributed by atoms with Crippen molar-refractivity contribution in [3.05, 3.63) is 65.8 Å². The van der Waals surface area contributed by atoms with E-state index in [0.717, 1.165) is 21.3 Å². The second-order valence-electron chi connectivity index (χ2n) is 6.47. The number of nitrogens with zero attached hydrogens (tertiary/aromatic N) is 3. The molecule has 1 saturated heterocycles. The first kappa shape index (κ1) is 15.9. The lowest BCUT2D eigenvalue weighted by molar-refractivity contribution is -0.121. The van der Waals surface area contributed by atoms with E-state index in [-0.39, 0.29) is 12.1 Å². The number of para-hydroxylation sites is 1. The van der Waals surface area contributed by atoms with Crippen LogP contribution >= 0.6 is 11.3 Å². The fourth-order valence-electron chi connectivity index (χ4n) is 2.96. The summed E-state index contributed by atoms with van der Waals surface area (Å²) in [5.41, 5.74) is 1.09. The van der Waals surface area contributed by atoms with Crippen molar-refractivity contribution in [2.24, 2.45) is 0 Å². The van der Waals surface area contributed by atoms with Crippen LogP contribution in [-0.2, 0) is 4.79 Å². The van der Waals surface area contributed by atoms with Crippen LogP contribution in [0.3, 0.4) is 0 Å². The van der Waals surface area contributed by atoms with Crippen LogP contribution in [0.5, 0.6) is 0 Å². The number of rotatable bonds is 3. The highest BCUT2D eigenvalue weighted by atomic mass is 32.1. The molecule has 0 aliphatic carbocycles. The van der Waals surface area contributed by atoms with Gasteiger partial charge in [-0.15, -0.1) is 11.3 Å². The number of hydrogen-bond acceptors (Lipinski definition) is 5. The van der Waals surface area contributed by atoms with Gasteiger partial charge < -0.3 is 0 Å². The molecule has 5 nitrogen and oxygen atoms in total. The normalized spacial score (nSPS) is 19.4. The van der Waals surface area contributed by atoms with Crippen LogP contribution in [0.25, 0.3) is 10.7 Å². The van der Waals surface area contributed by atoms with Gasteiger partial charge in [0.1, 0.15) is 11.2 Å². The minimum absolute atomic E-state index is 0.0523. The number of pyridine rings is 1. The summed E-state index contributed by atoms with van der Waals surface area (Å²) in [6.45, 7) is 3.82. The van der Waals surface area contributed by atoms with Gasteiger partial charge in [-0.1, -0.05) is 24.3 Å². The smallest absolute Gasteiger partial charge is 0.248 e. The number of thiazole rings is 1. The molecule has 1 aliphatic rings. The highest BCUT2D eigenvalue weighted by molar-refractivity contribution is 7.15. The van der Waals surface area contributed by atoms with Crippen molar-refractivity contribution in [3.8, 4) is 10.7 Å². The van der Waals surface area contributed by atoms with Crippen molar-refractivity contribution < 1.29 is 4.79 Å². The Morgan fingerprint density at radius 1 is 1.08 bits per heavy atom. The van der Waals surface area contributed by atoms with Gasteiger partial charge in [0.25, 0.3) is 0 Å². The molecule has 3 heterocycles. The van der Waals surface area contributed by atoms with E-state index in [9.17, 15) is 4.79 Å². The summed E-state index contributed by atoms with van der Waals surface area (Å²) in [6.07, 6.45) is 3.35. The molecule has 1 aromatic carbocycles. The zero-order valence-corrected chi connectivity index (χ0v) is 14.8. The Labute approximate surface area is 150 Å². The molecule has 3 aromatic rings. The molecule has 6 heteroatoms. The standard InChI is InChI=1S/C19H18N4OS/c1-19(2)18(24)23(13-8-4-3-5-9-13)16(22-19)15-12-21-17(25-15)14-10-6-7-11-20-14/h3-12,16,22H,1-2H3. The second kappa shape index (κ2) is 6.06. The molecule has 25 heavy (non-hydrogen) atoms. The van der Waals surface area contributed by atoms with Gasteiger partial charge in [0, 0.05) is 18.1 Å². The Bertz CT molecular complexity index is 892. The first-order valence-corrected chi connectivity index (χ1v) is 8.91. The summed E-state index contributed by atoms with van der Waals surface area (Å²) in [6, 6.07) is 15.5. The van der Waals surface area contributed by atoms with E-state index in [4.69, 9.17) is 0 Å². The fraction of sp³-hybridized carbons (Fsp3) is 0.211. The third-order valence-corrected chi connectivity index (χ3v) is 5.29. The van der Waals surface area contributed by atoms with Crippen LogP contribution in [0.15, 0.2) is 60.9 Å². The lowest BCUT2D eigenvalue weighted by Gasteiger charge is -2.23. The highest BCUT2D eigenvalue weighted by Gasteiger charge is 2.46. The zero-order valence-electron chi connectivity index (χ0n) is 14.0. The van der Waals surface area contributed by atoms with E-state index in [1.165, 1.54) is 0 Å². The number of carbonyl (C=O) groups excluding carboxylic acids is 1. The van der Waals surface area contributed by atoms with Crippen LogP contribution in [0.2, 0.25) is 0 Å². The number of amides is 1. The van der Waals surface area contributed by atoms with E-state index >= 15 is 0 Å². The molecule has 0 radical (unpaired) electrons. The summed E-state index contributed by atoms with van der Waals surface area (Å²) < 4.78 is 0. The summed E-state index contributed by atoms with van der Waals surface area (Å²) in [5.74, 6) is 0.0523. The van der Waals surface area contributed by atoms with Crippen LogP contribution < -0.4 is 10.2 Å². The summed E-state index contributed by atoms with van der Waals surface area (Å²) >= 11 is 1.55. The second-order valence-corrected chi connectivity index (χ2v) is 7.53. The van der Waals surface area contributed by atoms with Crippen molar-refractivity contribution in [2.75, 3.05) is 4.90 Å². The predicted molar refractivity (Wildman–Crippen MR) is 99.2 cm³/mol. The molecule has 1 amide bonds. The van der Waals surface area contributed by atoms with Crippen molar-refractivity contribution in [2.45, 2.75) is 25.6 Å². The van der Waals surface area contributed by atoms with E-state index in [1.807, 2.05) is 73.5 Å². The Morgan fingerprint density at radius 3 is 2.56 bits per heavy atom. The number of nitrogens with one attached hydrogen (secondary N) is 1. The SMILES string of the molecule is CC1(C)NC(c2cnc(-c3ccccn3)s2)N(c2ccccc2)C1=O. The van der Waals surface area contributed by atoms with E-state index in [0.29, 0.717) is 0 Å². The minimum Gasteiger partial charge on any atom is -0.290 e. The third kappa shape index (κ3) is 2.83. The molecule has 126 valence electrons. The van der Waals surface area contributed by atoms with Crippen molar-refractivity contribution in [1.29, 1.82) is 0 Å². The van der Waals surface area contributed by atoms with Crippen molar-refractivity contribution in [3.63, 3.8) is 0 Å². The van der Waals surface area contributed by atoms with E-state index in [2.05, 4.69) is 15.3 Å². The molecular formula is C19H18N4OS. The number of benzene rings is 1. The maximum atomic E-state index is 12.9. The molecule has 0 spiro atoms. The molecule has 1 N–H and O–H groups in total. The predicted octanol–water partition coefficient (Wildman–Crippen LogP) is 3.62. The molecule has 0 bridgehead atoms. The first-order chi connectivity index (χ1) is 12.1. The van der Waals surface area contributed by atoms with Crippen molar-refractivity contribution >= 4 is 22.9 Å². The maximum Gasteiger partial charge on any atom is 0.248 e. The maximum absolute atomic E-state index is 12.9. The molecule has 0 saturated carbocycles. The summed E-state index contributed by atoms with van der Waals surface area (Å²) in [7, 11) is 0. The lowest BCUT2D eigenvalue weighted by Crippen LogP contribution is -2.40. The van der Waals surface area contributed by atoms with Crippen LogP contribution in [-0.4, -0.2) is 21.4 Å². The van der Waals surface area contributed by atoms with Gasteiger partial charge in [0.05, 0.1) is 16.1 Å². The van der Waals surface area contributed by atoms with Gasteiger partial charge in [0.15, 0.2) is 0 Å². The van der Waals surface area contributed by atoms with Crippen LogP contribution in [0.1, 0.15) is 24.9 Å². The van der Waals surface area contributed by atoms with Crippen molar-refractivity contribution in [1.82, 2.24) is 15.3 Å².